The third-order valence-corrected chi connectivity index (χ3v) is 4.01. The van der Waals surface area contributed by atoms with Crippen LogP contribution in [0.5, 0.6) is 11.5 Å². The maximum Gasteiger partial charge on any atom is 0.161 e. The topological polar surface area (TPSA) is 42.2 Å². The Morgan fingerprint density at radius 1 is 1.00 bits per heavy atom. The van der Waals surface area contributed by atoms with Crippen molar-refractivity contribution in [3.8, 4) is 17.6 Å². The van der Waals surface area contributed by atoms with Crippen LogP contribution in [-0.4, -0.2) is 7.11 Å². The van der Waals surface area contributed by atoms with Crippen LogP contribution in [0.4, 0.5) is 4.39 Å². The van der Waals surface area contributed by atoms with E-state index in [9.17, 15) is 9.65 Å². The van der Waals surface area contributed by atoms with E-state index < -0.39 is 0 Å². The number of rotatable bonds is 6. The molecule has 3 aromatic rings. The second-order valence-electron chi connectivity index (χ2n) is 5.86. The SMILES string of the molecule is COc1cc(/C=C(\C#N)c2ccc(F)cc2)ccc1OCc1ccccc1. The number of benzene rings is 3. The second kappa shape index (κ2) is 8.68. The summed E-state index contributed by atoms with van der Waals surface area (Å²) in [5.41, 5.74) is 2.95. The van der Waals surface area contributed by atoms with E-state index in [-0.39, 0.29) is 5.82 Å². The Bertz CT molecular complexity index is 974. The molecule has 0 spiro atoms. The van der Waals surface area contributed by atoms with E-state index in [1.54, 1.807) is 31.4 Å². The van der Waals surface area contributed by atoms with Crippen molar-refractivity contribution in [2.75, 3.05) is 7.11 Å². The summed E-state index contributed by atoms with van der Waals surface area (Å²) in [5, 5.41) is 9.43. The Labute approximate surface area is 157 Å². The minimum Gasteiger partial charge on any atom is -0.493 e. The number of ether oxygens (including phenoxy) is 2. The van der Waals surface area contributed by atoms with E-state index in [0.717, 1.165) is 11.1 Å². The molecule has 3 rings (SSSR count). The Morgan fingerprint density at radius 3 is 2.41 bits per heavy atom. The molecule has 4 heteroatoms. The molecule has 0 aromatic heterocycles. The smallest absolute Gasteiger partial charge is 0.161 e. The third-order valence-electron chi connectivity index (χ3n) is 4.01. The molecule has 3 nitrogen and oxygen atoms in total. The molecule has 134 valence electrons. The minimum absolute atomic E-state index is 0.336. The van der Waals surface area contributed by atoms with Gasteiger partial charge in [-0.25, -0.2) is 4.39 Å². The highest BCUT2D eigenvalue weighted by Crippen LogP contribution is 2.30. The number of halogens is 1. The van der Waals surface area contributed by atoms with Crippen molar-refractivity contribution in [1.29, 1.82) is 5.26 Å². The molecule has 27 heavy (non-hydrogen) atoms. The van der Waals surface area contributed by atoms with Crippen molar-refractivity contribution < 1.29 is 13.9 Å². The van der Waals surface area contributed by atoms with Gasteiger partial charge >= 0.3 is 0 Å². The maximum atomic E-state index is 13.1. The number of nitrogens with zero attached hydrogens (tertiary/aromatic N) is 1. The van der Waals surface area contributed by atoms with Crippen LogP contribution < -0.4 is 9.47 Å². The van der Waals surface area contributed by atoms with Crippen LogP contribution in [0.25, 0.3) is 11.6 Å². The number of hydrogen-bond donors (Lipinski definition) is 0. The van der Waals surface area contributed by atoms with Gasteiger partial charge in [0, 0.05) is 0 Å². The lowest BCUT2D eigenvalue weighted by atomic mass is 10.0. The minimum atomic E-state index is -0.336. The summed E-state index contributed by atoms with van der Waals surface area (Å²) in [6, 6.07) is 23.3. The quantitative estimate of drug-likeness (QED) is 0.432. The highest BCUT2D eigenvalue weighted by atomic mass is 19.1. The highest BCUT2D eigenvalue weighted by molar-refractivity contribution is 5.89. The summed E-state index contributed by atoms with van der Waals surface area (Å²) in [6.45, 7) is 0.436. The van der Waals surface area contributed by atoms with E-state index in [0.29, 0.717) is 29.2 Å². The van der Waals surface area contributed by atoms with Crippen LogP contribution in [-0.2, 0) is 6.61 Å². The molecule has 0 radical (unpaired) electrons. The Morgan fingerprint density at radius 2 is 1.74 bits per heavy atom. The first-order valence-corrected chi connectivity index (χ1v) is 8.42. The third kappa shape index (κ3) is 4.74. The Kier molecular flexibility index (Phi) is 5.86. The van der Waals surface area contributed by atoms with Gasteiger partial charge in [0.2, 0.25) is 0 Å². The van der Waals surface area contributed by atoms with Crippen molar-refractivity contribution in [1.82, 2.24) is 0 Å². The molecule has 0 unspecified atom stereocenters. The summed E-state index contributed by atoms with van der Waals surface area (Å²) in [7, 11) is 1.57. The molecule has 0 atom stereocenters. The summed E-state index contributed by atoms with van der Waals surface area (Å²) in [4.78, 5) is 0. The first-order valence-electron chi connectivity index (χ1n) is 8.42. The lowest BCUT2D eigenvalue weighted by Crippen LogP contribution is -1.97. The lowest BCUT2D eigenvalue weighted by Gasteiger charge is -2.11. The van der Waals surface area contributed by atoms with E-state index >= 15 is 0 Å². The molecule has 0 bridgehead atoms. The molecule has 3 aromatic carbocycles. The van der Waals surface area contributed by atoms with Crippen LogP contribution in [0.1, 0.15) is 16.7 Å². The molecule has 0 N–H and O–H groups in total. The summed E-state index contributed by atoms with van der Waals surface area (Å²) in [5.74, 6) is 0.868. The van der Waals surface area contributed by atoms with E-state index in [1.807, 2.05) is 42.5 Å². The molecule has 0 aliphatic heterocycles. The van der Waals surface area contributed by atoms with E-state index in [2.05, 4.69) is 6.07 Å². The monoisotopic (exact) mass is 359 g/mol. The number of allylic oxidation sites excluding steroid dienone is 1. The van der Waals surface area contributed by atoms with Crippen molar-refractivity contribution in [2.45, 2.75) is 6.61 Å². The van der Waals surface area contributed by atoms with Crippen molar-refractivity contribution in [3.63, 3.8) is 0 Å². The van der Waals surface area contributed by atoms with Crippen molar-refractivity contribution in [2.24, 2.45) is 0 Å². The maximum absolute atomic E-state index is 13.1. The summed E-state index contributed by atoms with van der Waals surface area (Å²) in [6.07, 6.45) is 1.73. The standard InChI is InChI=1S/C23H18FNO2/c1-26-23-14-18(13-20(15-25)19-8-10-21(24)11-9-19)7-12-22(23)27-16-17-5-3-2-4-6-17/h2-14H,16H2,1H3/b20-13+. The van der Waals surface area contributed by atoms with Gasteiger partial charge in [-0.05, 0) is 47.0 Å². The van der Waals surface area contributed by atoms with Gasteiger partial charge in [-0.3, -0.25) is 0 Å². The van der Waals surface area contributed by atoms with Crippen LogP contribution in [0, 0.1) is 17.1 Å². The largest absolute Gasteiger partial charge is 0.493 e. The number of methoxy groups -OCH3 is 1. The van der Waals surface area contributed by atoms with Gasteiger partial charge < -0.3 is 9.47 Å². The fourth-order valence-electron chi connectivity index (χ4n) is 2.60. The first kappa shape index (κ1) is 18.2. The average molecular weight is 359 g/mol. The fourth-order valence-corrected chi connectivity index (χ4v) is 2.60. The molecule has 0 amide bonds. The molecular weight excluding hydrogens is 341 g/mol. The summed E-state index contributed by atoms with van der Waals surface area (Å²) < 4.78 is 24.4. The number of nitriles is 1. The molecule has 0 aliphatic carbocycles. The van der Waals surface area contributed by atoms with Gasteiger partial charge in [0.25, 0.3) is 0 Å². The lowest BCUT2D eigenvalue weighted by molar-refractivity contribution is 0.284. The van der Waals surface area contributed by atoms with Gasteiger partial charge in [-0.2, -0.15) is 5.26 Å². The van der Waals surface area contributed by atoms with E-state index in [4.69, 9.17) is 9.47 Å². The fraction of sp³-hybridized carbons (Fsp3) is 0.0870. The zero-order chi connectivity index (χ0) is 19.1. The van der Waals surface area contributed by atoms with Gasteiger partial charge in [0.05, 0.1) is 18.8 Å². The Hall–Kier alpha value is -3.58. The molecule has 0 fully saturated rings. The highest BCUT2D eigenvalue weighted by Gasteiger charge is 2.07. The molecule has 0 saturated heterocycles. The second-order valence-corrected chi connectivity index (χ2v) is 5.86. The summed E-state index contributed by atoms with van der Waals surface area (Å²) >= 11 is 0. The number of hydrogen-bond acceptors (Lipinski definition) is 3. The zero-order valence-electron chi connectivity index (χ0n) is 14.9. The van der Waals surface area contributed by atoms with Crippen molar-refractivity contribution in [3.05, 3.63) is 95.3 Å². The van der Waals surface area contributed by atoms with Gasteiger partial charge in [0.1, 0.15) is 12.4 Å². The Balaban J connectivity index is 1.82. The van der Waals surface area contributed by atoms with E-state index in [1.165, 1.54) is 12.1 Å². The van der Waals surface area contributed by atoms with Crippen LogP contribution in [0.15, 0.2) is 72.8 Å². The van der Waals surface area contributed by atoms with Gasteiger partial charge in [0.15, 0.2) is 11.5 Å². The predicted molar refractivity (Wildman–Crippen MR) is 104 cm³/mol. The van der Waals surface area contributed by atoms with Crippen molar-refractivity contribution >= 4 is 11.6 Å². The van der Waals surface area contributed by atoms with Crippen LogP contribution >= 0.6 is 0 Å². The van der Waals surface area contributed by atoms with Gasteiger partial charge in [-0.15, -0.1) is 0 Å². The van der Waals surface area contributed by atoms with Gasteiger partial charge in [-0.1, -0.05) is 48.5 Å². The normalized spacial score (nSPS) is 10.9. The molecule has 0 saturated carbocycles. The molecular formula is C23H18FNO2. The predicted octanol–water partition coefficient (Wildman–Crippen LogP) is 5.48. The van der Waals surface area contributed by atoms with Crippen LogP contribution in [0.3, 0.4) is 0 Å². The molecule has 0 heterocycles. The van der Waals surface area contributed by atoms with Crippen LogP contribution in [0.2, 0.25) is 0 Å². The average Bonchev–Trinajstić information content (AvgIpc) is 2.72. The molecule has 0 aliphatic rings. The first-order chi connectivity index (χ1) is 13.2. The zero-order valence-corrected chi connectivity index (χ0v) is 14.9.